The van der Waals surface area contributed by atoms with Crippen molar-refractivity contribution in [3.8, 4) is 5.75 Å². The highest BCUT2D eigenvalue weighted by molar-refractivity contribution is 7.09. The number of hydrogen-bond acceptors (Lipinski definition) is 4. The minimum absolute atomic E-state index is 0.168. The molecular formula is C19H29NO2SSi. The Kier molecular flexibility index (Phi) is 5.57. The zero-order chi connectivity index (χ0) is 18.0. The van der Waals surface area contributed by atoms with Crippen molar-refractivity contribution in [3.05, 3.63) is 46.4 Å². The molecule has 0 fully saturated rings. The molecule has 5 heteroatoms. The Balaban J connectivity index is 2.42. The van der Waals surface area contributed by atoms with Crippen LogP contribution < -0.4 is 4.43 Å². The van der Waals surface area contributed by atoms with E-state index in [1.165, 1.54) is 0 Å². The van der Waals surface area contributed by atoms with Crippen molar-refractivity contribution in [1.29, 1.82) is 0 Å². The molecule has 1 aromatic heterocycles. The van der Waals surface area contributed by atoms with Crippen LogP contribution in [0, 0.1) is 0 Å². The van der Waals surface area contributed by atoms with E-state index in [-0.39, 0.29) is 5.04 Å². The van der Waals surface area contributed by atoms with Gasteiger partial charge in [0.1, 0.15) is 16.4 Å². The number of rotatable bonds is 6. The van der Waals surface area contributed by atoms with E-state index in [1.54, 1.807) is 18.4 Å². The maximum absolute atomic E-state index is 6.47. The minimum Gasteiger partial charge on any atom is -0.543 e. The van der Waals surface area contributed by atoms with Crippen molar-refractivity contribution in [2.75, 3.05) is 7.11 Å². The third kappa shape index (κ3) is 3.58. The molecule has 1 heterocycles. The lowest BCUT2D eigenvalue weighted by Crippen LogP contribution is -2.43. The van der Waals surface area contributed by atoms with Crippen LogP contribution >= 0.6 is 11.3 Å². The van der Waals surface area contributed by atoms with Crippen molar-refractivity contribution in [1.82, 2.24) is 4.98 Å². The Bertz CT molecular complexity index is 658. The normalized spacial score (nSPS) is 15.1. The van der Waals surface area contributed by atoms with Crippen LogP contribution in [0.2, 0.25) is 18.1 Å². The van der Waals surface area contributed by atoms with Crippen LogP contribution in [0.15, 0.2) is 35.8 Å². The van der Waals surface area contributed by atoms with Crippen LogP contribution in [0.25, 0.3) is 0 Å². The van der Waals surface area contributed by atoms with Gasteiger partial charge in [-0.3, -0.25) is 0 Å². The van der Waals surface area contributed by atoms with Crippen molar-refractivity contribution in [3.63, 3.8) is 0 Å². The average molecular weight is 364 g/mol. The monoisotopic (exact) mass is 363 g/mol. The summed E-state index contributed by atoms with van der Waals surface area (Å²) in [4.78, 5) is 4.51. The zero-order valence-corrected chi connectivity index (χ0v) is 17.7. The number of benzene rings is 1. The van der Waals surface area contributed by atoms with Crippen LogP contribution in [-0.4, -0.2) is 20.4 Å². The third-order valence-electron chi connectivity index (χ3n) is 5.10. The molecule has 0 saturated carbocycles. The molecule has 132 valence electrons. The Morgan fingerprint density at radius 2 is 1.92 bits per heavy atom. The molecular weight excluding hydrogens is 334 g/mol. The second-order valence-electron chi connectivity index (χ2n) is 7.61. The summed E-state index contributed by atoms with van der Waals surface area (Å²) in [7, 11) is -0.112. The fourth-order valence-corrected chi connectivity index (χ4v) is 4.44. The molecule has 0 amide bonds. The van der Waals surface area contributed by atoms with Crippen molar-refractivity contribution >= 4 is 19.7 Å². The molecule has 0 aliphatic carbocycles. The number of methoxy groups -OCH3 is 1. The summed E-state index contributed by atoms with van der Waals surface area (Å²) in [5.74, 6) is 0.922. The van der Waals surface area contributed by atoms with Crippen molar-refractivity contribution in [2.24, 2.45) is 0 Å². The Labute approximate surface area is 151 Å². The predicted octanol–water partition coefficient (Wildman–Crippen LogP) is 5.83. The van der Waals surface area contributed by atoms with Crippen LogP contribution in [0.4, 0.5) is 0 Å². The number of nitrogens with zero attached hydrogens (tertiary/aromatic N) is 1. The van der Waals surface area contributed by atoms with E-state index in [9.17, 15) is 0 Å². The number of aromatic nitrogens is 1. The maximum Gasteiger partial charge on any atom is 0.250 e. The minimum atomic E-state index is -1.87. The van der Waals surface area contributed by atoms with Gasteiger partial charge in [0.15, 0.2) is 0 Å². The van der Waals surface area contributed by atoms with Crippen LogP contribution in [0.1, 0.15) is 44.7 Å². The van der Waals surface area contributed by atoms with Gasteiger partial charge in [0.05, 0.1) is 0 Å². The summed E-state index contributed by atoms with van der Waals surface area (Å²) in [6.45, 7) is 13.4. The zero-order valence-electron chi connectivity index (χ0n) is 15.8. The lowest BCUT2D eigenvalue weighted by molar-refractivity contribution is 0.0183. The molecule has 1 atom stereocenters. The van der Waals surface area contributed by atoms with E-state index < -0.39 is 13.9 Å². The molecule has 0 aliphatic rings. The van der Waals surface area contributed by atoms with Gasteiger partial charge in [0, 0.05) is 18.7 Å². The lowest BCUT2D eigenvalue weighted by atomic mass is 9.91. The molecule has 0 N–H and O–H groups in total. The standard InChI is InChI=1S/C19H29NO2SSi/c1-8-19(21-5,17-20-12-13-23-17)15-10-9-11-16(14-15)22-24(6,7)18(2,3)4/h9-14H,8H2,1-7H3. The first-order valence-electron chi connectivity index (χ1n) is 8.41. The molecule has 1 unspecified atom stereocenters. The van der Waals surface area contributed by atoms with Crippen LogP contribution in [-0.2, 0) is 10.3 Å². The molecule has 3 nitrogen and oxygen atoms in total. The fraction of sp³-hybridized carbons (Fsp3) is 0.526. The molecule has 1 aromatic carbocycles. The highest BCUT2D eigenvalue weighted by Crippen LogP contribution is 2.41. The first kappa shape index (κ1) is 19.2. The van der Waals surface area contributed by atoms with Gasteiger partial charge < -0.3 is 9.16 Å². The third-order valence-corrected chi connectivity index (χ3v) is 10.4. The second-order valence-corrected chi connectivity index (χ2v) is 13.2. The fourth-order valence-electron chi connectivity index (χ4n) is 2.51. The SMILES string of the molecule is CCC(OC)(c1cccc(O[Si](C)(C)C(C)(C)C)c1)c1nccs1. The maximum atomic E-state index is 6.47. The van der Waals surface area contributed by atoms with Crippen LogP contribution in [0.5, 0.6) is 5.75 Å². The Morgan fingerprint density at radius 1 is 1.21 bits per heavy atom. The molecule has 0 radical (unpaired) electrons. The molecule has 0 bridgehead atoms. The van der Waals surface area contributed by atoms with Crippen molar-refractivity contribution < 1.29 is 9.16 Å². The smallest absolute Gasteiger partial charge is 0.250 e. The van der Waals surface area contributed by atoms with Gasteiger partial charge in [-0.2, -0.15) is 0 Å². The van der Waals surface area contributed by atoms with Gasteiger partial charge in [0.25, 0.3) is 0 Å². The summed E-state index contributed by atoms with van der Waals surface area (Å²) >= 11 is 1.63. The summed E-state index contributed by atoms with van der Waals surface area (Å²) in [6, 6.07) is 8.32. The highest BCUT2D eigenvalue weighted by Gasteiger charge is 2.40. The van der Waals surface area contributed by atoms with Crippen molar-refractivity contribution in [2.45, 2.75) is 57.8 Å². The van der Waals surface area contributed by atoms with Crippen LogP contribution in [0.3, 0.4) is 0 Å². The number of thiazole rings is 1. The molecule has 0 saturated heterocycles. The summed E-state index contributed by atoms with van der Waals surface area (Å²) in [6.07, 6.45) is 2.65. The first-order valence-corrected chi connectivity index (χ1v) is 12.2. The van der Waals surface area contributed by atoms with Gasteiger partial charge in [-0.25, -0.2) is 4.98 Å². The van der Waals surface area contributed by atoms with Gasteiger partial charge >= 0.3 is 0 Å². The second kappa shape index (κ2) is 6.98. The topological polar surface area (TPSA) is 31.4 Å². The average Bonchev–Trinajstić information content (AvgIpc) is 3.03. The Hall–Kier alpha value is -1.17. The summed E-state index contributed by atoms with van der Waals surface area (Å²) in [5.41, 5.74) is 0.583. The van der Waals surface area contributed by atoms with Gasteiger partial charge in [-0.05, 0) is 42.2 Å². The Morgan fingerprint density at radius 3 is 2.42 bits per heavy atom. The lowest BCUT2D eigenvalue weighted by Gasteiger charge is -2.37. The molecule has 2 rings (SSSR count). The molecule has 24 heavy (non-hydrogen) atoms. The highest BCUT2D eigenvalue weighted by atomic mass is 32.1. The molecule has 0 aliphatic heterocycles. The van der Waals surface area contributed by atoms with E-state index in [2.05, 4.69) is 64.0 Å². The van der Waals surface area contributed by atoms with Gasteiger partial charge in [-0.15, -0.1) is 11.3 Å². The van der Waals surface area contributed by atoms with E-state index in [4.69, 9.17) is 9.16 Å². The predicted molar refractivity (Wildman–Crippen MR) is 104 cm³/mol. The molecule has 0 spiro atoms. The summed E-state index contributed by atoms with van der Waals surface area (Å²) < 4.78 is 12.4. The first-order chi connectivity index (χ1) is 11.2. The quantitative estimate of drug-likeness (QED) is 0.605. The van der Waals surface area contributed by atoms with E-state index in [0.717, 1.165) is 22.7 Å². The largest absolute Gasteiger partial charge is 0.543 e. The van der Waals surface area contributed by atoms with E-state index >= 15 is 0 Å². The van der Waals surface area contributed by atoms with Gasteiger partial charge in [0.2, 0.25) is 8.32 Å². The number of ether oxygens (including phenoxy) is 1. The van der Waals surface area contributed by atoms with E-state index in [0.29, 0.717) is 0 Å². The van der Waals surface area contributed by atoms with E-state index in [1.807, 2.05) is 17.6 Å². The molecule has 2 aromatic rings. The van der Waals surface area contributed by atoms with Gasteiger partial charge in [-0.1, -0.05) is 39.8 Å². The summed E-state index contributed by atoms with van der Waals surface area (Å²) in [5, 5.41) is 3.15. The number of hydrogen-bond donors (Lipinski definition) is 0.